The molecule has 0 N–H and O–H groups in total. The van der Waals surface area contributed by atoms with E-state index in [2.05, 4.69) is 14.5 Å². The Labute approximate surface area is 99.2 Å². The van der Waals surface area contributed by atoms with Crippen molar-refractivity contribution in [2.24, 2.45) is 0 Å². The van der Waals surface area contributed by atoms with E-state index in [1.54, 1.807) is 24.4 Å². The summed E-state index contributed by atoms with van der Waals surface area (Å²) in [6.07, 6.45) is 1.58. The number of methoxy groups -OCH3 is 2. The van der Waals surface area contributed by atoms with Gasteiger partial charge in [-0.3, -0.25) is 9.59 Å². The number of hydrogen-bond donors (Lipinski definition) is 0. The highest BCUT2D eigenvalue weighted by molar-refractivity contribution is 5.80. The fourth-order valence-electron chi connectivity index (χ4n) is 1.20. The molecule has 0 aliphatic heterocycles. The molecule has 0 amide bonds. The van der Waals surface area contributed by atoms with E-state index in [1.165, 1.54) is 19.1 Å². The summed E-state index contributed by atoms with van der Waals surface area (Å²) in [6.45, 7) is -0.106. The maximum absolute atomic E-state index is 11.2. The molecule has 0 saturated heterocycles. The van der Waals surface area contributed by atoms with Crippen LogP contribution in [-0.2, 0) is 19.1 Å². The monoisotopic (exact) mass is 238 g/mol. The molecule has 0 atom stereocenters. The minimum atomic E-state index is -0.445. The van der Waals surface area contributed by atoms with Crippen molar-refractivity contribution in [3.8, 4) is 0 Å². The van der Waals surface area contributed by atoms with Crippen LogP contribution in [0.15, 0.2) is 24.4 Å². The number of pyridine rings is 1. The van der Waals surface area contributed by atoms with Gasteiger partial charge in [0.05, 0.1) is 14.2 Å². The second kappa shape index (κ2) is 6.47. The van der Waals surface area contributed by atoms with E-state index in [0.717, 1.165) is 0 Å². The molecule has 1 aromatic rings. The van der Waals surface area contributed by atoms with Crippen molar-refractivity contribution in [1.82, 2.24) is 4.98 Å². The summed E-state index contributed by atoms with van der Waals surface area (Å²) in [6, 6.07) is 5.22. The van der Waals surface area contributed by atoms with Crippen molar-refractivity contribution in [2.45, 2.75) is 0 Å². The van der Waals surface area contributed by atoms with Crippen LogP contribution in [0.1, 0.15) is 0 Å². The Morgan fingerprint density at radius 1 is 1.18 bits per heavy atom. The lowest BCUT2D eigenvalue weighted by Crippen LogP contribution is -2.36. The largest absolute Gasteiger partial charge is 0.468 e. The number of ether oxygens (including phenoxy) is 2. The molecule has 0 aliphatic rings. The van der Waals surface area contributed by atoms with E-state index in [9.17, 15) is 9.59 Å². The molecule has 6 heteroatoms. The average molecular weight is 238 g/mol. The van der Waals surface area contributed by atoms with Crippen LogP contribution < -0.4 is 4.90 Å². The van der Waals surface area contributed by atoms with E-state index >= 15 is 0 Å². The molecular weight excluding hydrogens is 224 g/mol. The molecule has 17 heavy (non-hydrogen) atoms. The highest BCUT2D eigenvalue weighted by Gasteiger charge is 2.16. The number of esters is 2. The van der Waals surface area contributed by atoms with Gasteiger partial charge in [-0.15, -0.1) is 0 Å². The zero-order chi connectivity index (χ0) is 12.7. The minimum absolute atomic E-state index is 0.0530. The molecule has 6 nitrogen and oxygen atoms in total. The molecule has 0 spiro atoms. The highest BCUT2D eigenvalue weighted by atomic mass is 16.5. The third-order valence-corrected chi connectivity index (χ3v) is 2.07. The van der Waals surface area contributed by atoms with Gasteiger partial charge in [-0.1, -0.05) is 6.07 Å². The number of aromatic nitrogens is 1. The van der Waals surface area contributed by atoms with Crippen LogP contribution in [0.25, 0.3) is 0 Å². The van der Waals surface area contributed by atoms with Gasteiger partial charge in [-0.25, -0.2) is 4.98 Å². The molecule has 0 fully saturated rings. The second-order valence-corrected chi connectivity index (χ2v) is 3.20. The van der Waals surface area contributed by atoms with Gasteiger partial charge in [0, 0.05) is 6.20 Å². The van der Waals surface area contributed by atoms with Crippen LogP contribution in [0.5, 0.6) is 0 Å². The number of anilines is 1. The summed E-state index contributed by atoms with van der Waals surface area (Å²) in [5.74, 6) is -0.373. The van der Waals surface area contributed by atoms with Gasteiger partial charge in [0.25, 0.3) is 0 Å². The SMILES string of the molecule is COC(=O)CN(CC(=O)OC)c1ccccn1. The lowest BCUT2D eigenvalue weighted by Gasteiger charge is -2.20. The molecule has 0 radical (unpaired) electrons. The Kier molecular flexibility index (Phi) is 4.93. The number of nitrogens with zero attached hydrogens (tertiary/aromatic N) is 2. The number of rotatable bonds is 5. The van der Waals surface area contributed by atoms with Crippen LogP contribution in [0.4, 0.5) is 5.82 Å². The second-order valence-electron chi connectivity index (χ2n) is 3.20. The molecule has 0 unspecified atom stereocenters. The summed E-state index contributed by atoms with van der Waals surface area (Å²) >= 11 is 0. The fourth-order valence-corrected chi connectivity index (χ4v) is 1.20. The third-order valence-electron chi connectivity index (χ3n) is 2.07. The van der Waals surface area contributed by atoms with Gasteiger partial charge < -0.3 is 14.4 Å². The van der Waals surface area contributed by atoms with Crippen LogP contribution in [0.2, 0.25) is 0 Å². The summed E-state index contributed by atoms with van der Waals surface area (Å²) in [4.78, 5) is 28.0. The van der Waals surface area contributed by atoms with Gasteiger partial charge in [0.2, 0.25) is 0 Å². The zero-order valence-electron chi connectivity index (χ0n) is 9.75. The van der Waals surface area contributed by atoms with Crippen LogP contribution in [-0.4, -0.2) is 44.2 Å². The lowest BCUT2D eigenvalue weighted by molar-refractivity contribution is -0.140. The summed E-state index contributed by atoms with van der Waals surface area (Å²) in [5, 5.41) is 0. The summed E-state index contributed by atoms with van der Waals surface area (Å²) in [5.41, 5.74) is 0. The lowest BCUT2D eigenvalue weighted by atomic mass is 10.4. The molecule has 92 valence electrons. The van der Waals surface area contributed by atoms with Gasteiger partial charge in [0.1, 0.15) is 18.9 Å². The highest BCUT2D eigenvalue weighted by Crippen LogP contribution is 2.08. The van der Waals surface area contributed by atoms with Crippen molar-refractivity contribution >= 4 is 17.8 Å². The predicted octanol–water partition coefficient (Wildman–Crippen LogP) is 0.234. The van der Waals surface area contributed by atoms with E-state index in [4.69, 9.17) is 0 Å². The maximum atomic E-state index is 11.2. The van der Waals surface area contributed by atoms with Crippen molar-refractivity contribution in [1.29, 1.82) is 0 Å². The van der Waals surface area contributed by atoms with E-state index in [-0.39, 0.29) is 13.1 Å². The Bertz CT molecular complexity index is 362. The quantitative estimate of drug-likeness (QED) is 0.684. The van der Waals surface area contributed by atoms with Crippen molar-refractivity contribution in [3.05, 3.63) is 24.4 Å². The first-order chi connectivity index (χ1) is 8.17. The molecule has 1 heterocycles. The van der Waals surface area contributed by atoms with Crippen molar-refractivity contribution in [2.75, 3.05) is 32.2 Å². The van der Waals surface area contributed by atoms with E-state index in [0.29, 0.717) is 5.82 Å². The van der Waals surface area contributed by atoms with E-state index in [1.807, 2.05) is 0 Å². The van der Waals surface area contributed by atoms with E-state index < -0.39 is 11.9 Å². The van der Waals surface area contributed by atoms with Gasteiger partial charge in [-0.05, 0) is 12.1 Å². The molecule has 1 aromatic heterocycles. The molecular formula is C11H14N2O4. The van der Waals surface area contributed by atoms with Crippen LogP contribution in [0, 0.1) is 0 Å². The zero-order valence-corrected chi connectivity index (χ0v) is 9.75. The molecule has 0 aliphatic carbocycles. The van der Waals surface area contributed by atoms with Crippen LogP contribution in [0.3, 0.4) is 0 Å². The number of hydrogen-bond acceptors (Lipinski definition) is 6. The molecule has 1 rings (SSSR count). The third kappa shape index (κ3) is 4.10. The Morgan fingerprint density at radius 3 is 2.18 bits per heavy atom. The molecule has 0 aromatic carbocycles. The molecule has 0 saturated carbocycles. The fraction of sp³-hybridized carbons (Fsp3) is 0.364. The van der Waals surface area contributed by atoms with Gasteiger partial charge in [-0.2, -0.15) is 0 Å². The first-order valence-electron chi connectivity index (χ1n) is 4.97. The minimum Gasteiger partial charge on any atom is -0.468 e. The molecule has 0 bridgehead atoms. The Hall–Kier alpha value is -2.11. The summed E-state index contributed by atoms with van der Waals surface area (Å²) < 4.78 is 9.11. The first kappa shape index (κ1) is 13.0. The topological polar surface area (TPSA) is 68.7 Å². The van der Waals surface area contributed by atoms with Crippen molar-refractivity contribution in [3.63, 3.8) is 0 Å². The maximum Gasteiger partial charge on any atom is 0.325 e. The standard InChI is InChI=1S/C11H14N2O4/c1-16-10(14)7-13(8-11(15)17-2)9-5-3-4-6-12-9/h3-6H,7-8H2,1-2H3. The Morgan fingerprint density at radius 2 is 1.76 bits per heavy atom. The number of carbonyl (C=O) groups is 2. The summed E-state index contributed by atoms with van der Waals surface area (Å²) in [7, 11) is 2.58. The normalized spacial score (nSPS) is 9.53. The average Bonchev–Trinajstić information content (AvgIpc) is 2.38. The Balaban J connectivity index is 2.79. The van der Waals surface area contributed by atoms with Crippen molar-refractivity contribution < 1.29 is 19.1 Å². The van der Waals surface area contributed by atoms with Crippen LogP contribution >= 0.6 is 0 Å². The predicted molar refractivity (Wildman–Crippen MR) is 60.5 cm³/mol. The smallest absolute Gasteiger partial charge is 0.325 e. The van der Waals surface area contributed by atoms with Gasteiger partial charge >= 0.3 is 11.9 Å². The number of carbonyl (C=O) groups excluding carboxylic acids is 2. The van der Waals surface area contributed by atoms with Gasteiger partial charge in [0.15, 0.2) is 0 Å². The first-order valence-corrected chi connectivity index (χ1v) is 4.97.